The van der Waals surface area contributed by atoms with Crippen LogP contribution in [0.5, 0.6) is 0 Å². The molecule has 0 rings (SSSR count). The first-order valence-electron chi connectivity index (χ1n) is 1.88. The maximum absolute atomic E-state index is 11.4. The summed E-state index contributed by atoms with van der Waals surface area (Å²) in [5.41, 5.74) is 0. The van der Waals surface area contributed by atoms with Gasteiger partial charge in [-0.2, -0.15) is 26.3 Å². The minimum absolute atomic E-state index is 0. The van der Waals surface area contributed by atoms with Crippen molar-refractivity contribution >= 4 is 49.6 Å². The van der Waals surface area contributed by atoms with Crippen LogP contribution in [0.1, 0.15) is 0 Å². The molecular weight excluding hydrogens is 304 g/mol. The Kier molecular flexibility index (Phi) is 27.6. The Morgan fingerprint density at radius 2 is 0.571 bits per heavy atom. The Morgan fingerprint density at radius 1 is 0.429 bits per heavy atom. The van der Waals surface area contributed by atoms with E-state index in [9.17, 15) is 26.3 Å². The van der Waals surface area contributed by atoms with Crippen LogP contribution >= 0.6 is 49.6 Å². The largest absolute Gasteiger partial charge is 0.308 e. The molecule has 0 saturated heterocycles. The Bertz CT molecular complexity index is 172. The van der Waals surface area contributed by atoms with E-state index in [0.717, 1.165) is 0 Å². The van der Waals surface area contributed by atoms with Crippen molar-refractivity contribution in [1.82, 2.24) is 0 Å². The van der Waals surface area contributed by atoms with Crippen LogP contribution in [0.4, 0.5) is 26.3 Å². The number of hydrogen-bond donors (Lipinski definition) is 0. The summed E-state index contributed by atoms with van der Waals surface area (Å²) in [4.78, 5) is 0. The van der Waals surface area contributed by atoms with Gasteiger partial charge in [-0.1, -0.05) is 0 Å². The number of hydrogen-bond acceptors (Lipinski definition) is 0. The molecule has 0 N–H and O–H groups in total. The number of rotatable bonds is 1. The molecule has 0 bridgehead atoms. The molecule has 0 unspecified atom stereocenters. The molecule has 0 heterocycles. The highest BCUT2D eigenvalue weighted by Gasteiger charge is 2.16. The second-order valence-corrected chi connectivity index (χ2v) is 1.15. The van der Waals surface area contributed by atoms with Gasteiger partial charge in [0, 0.05) is 0 Å². The minimum Gasteiger partial charge on any atom is -0.198 e. The Labute approximate surface area is 100 Å². The first-order valence-corrected chi connectivity index (χ1v) is 1.88. The summed E-state index contributed by atoms with van der Waals surface area (Å²) in [6.07, 6.45) is -6.21. The van der Waals surface area contributed by atoms with E-state index in [1.807, 2.05) is 0 Å². The van der Waals surface area contributed by atoms with Gasteiger partial charge < -0.3 is 0 Å². The van der Waals surface area contributed by atoms with Gasteiger partial charge in [-0.05, 0) is 0 Å². The lowest BCUT2D eigenvalue weighted by atomic mass is 10.5. The van der Waals surface area contributed by atoms with E-state index in [4.69, 9.17) is 0 Å². The second kappa shape index (κ2) is 13.2. The predicted molar refractivity (Wildman–Crippen MR) is 49.7 cm³/mol. The molecule has 0 atom stereocenters. The maximum atomic E-state index is 11.4. The van der Waals surface area contributed by atoms with Crippen molar-refractivity contribution in [2.24, 2.45) is 0 Å². The maximum Gasteiger partial charge on any atom is 0.308 e. The fourth-order valence-corrected chi connectivity index (χ4v) is 0.166. The lowest BCUT2D eigenvalue weighted by molar-refractivity contribution is 0.340. The third kappa shape index (κ3) is 10.3. The van der Waals surface area contributed by atoms with E-state index in [1.54, 1.807) is 0 Å². The Hall–Kier alpha value is 0.220. The lowest BCUT2D eigenvalue weighted by Crippen LogP contribution is -1.78. The Morgan fingerprint density at radius 3 is 0.643 bits per heavy atom. The highest BCUT2D eigenvalue weighted by atomic mass is 35.5. The van der Waals surface area contributed by atoms with Gasteiger partial charge >= 0.3 is 12.2 Å². The highest BCUT2D eigenvalue weighted by molar-refractivity contribution is 5.86. The first kappa shape index (κ1) is 29.2. The summed E-state index contributed by atoms with van der Waals surface area (Å²) in [5.74, 6) is -5.64. The quantitative estimate of drug-likeness (QED) is 0.481. The lowest BCUT2D eigenvalue weighted by Gasteiger charge is -1.87. The van der Waals surface area contributed by atoms with Crippen LogP contribution < -0.4 is 0 Å². The van der Waals surface area contributed by atoms with Crippen LogP contribution in [0, 0.1) is 0 Å². The second-order valence-electron chi connectivity index (χ2n) is 1.15. The summed E-state index contributed by atoms with van der Waals surface area (Å²) < 4.78 is 66.5. The van der Waals surface area contributed by atoms with Gasteiger partial charge in [-0.25, -0.2) is 0 Å². The molecule has 0 fully saturated rings. The Balaban J connectivity index is -0.0000000675. The van der Waals surface area contributed by atoms with Gasteiger partial charge in [0.2, 0.25) is 11.7 Å². The van der Waals surface area contributed by atoms with Crippen molar-refractivity contribution in [3.05, 3.63) is 23.8 Å². The van der Waals surface area contributed by atoms with Crippen molar-refractivity contribution in [1.29, 1.82) is 0 Å². The van der Waals surface area contributed by atoms with Crippen molar-refractivity contribution in [2.75, 3.05) is 0 Å². The molecule has 0 aliphatic heterocycles. The monoisotopic (exact) mass is 306 g/mol. The minimum atomic E-state index is -3.11. The molecule has 0 aromatic heterocycles. The van der Waals surface area contributed by atoms with Gasteiger partial charge in [0.15, 0.2) is 0 Å². The van der Waals surface area contributed by atoms with Gasteiger partial charge in [0.25, 0.3) is 0 Å². The third-order valence-electron chi connectivity index (χ3n) is 0.525. The van der Waals surface area contributed by atoms with Gasteiger partial charge in [-0.15, -0.1) is 49.6 Å². The van der Waals surface area contributed by atoms with Crippen LogP contribution in [-0.4, -0.2) is 0 Å². The van der Waals surface area contributed by atoms with E-state index >= 15 is 0 Å². The smallest absolute Gasteiger partial charge is 0.198 e. The fourth-order valence-electron chi connectivity index (χ4n) is 0.166. The zero-order chi connectivity index (χ0) is 8.31. The molecule has 0 aliphatic carbocycles. The molecular formula is C4H4Cl4F6. The highest BCUT2D eigenvalue weighted by Crippen LogP contribution is 2.23. The van der Waals surface area contributed by atoms with E-state index < -0.39 is 23.8 Å². The zero-order valence-electron chi connectivity index (χ0n) is 5.90. The van der Waals surface area contributed by atoms with Gasteiger partial charge in [0.05, 0.1) is 0 Å². The molecule has 0 nitrogen and oxygen atoms in total. The normalized spacial score (nSPS) is 6.43. The summed E-state index contributed by atoms with van der Waals surface area (Å²) in [5, 5.41) is 0. The van der Waals surface area contributed by atoms with Crippen LogP contribution in [0.25, 0.3) is 0 Å². The molecule has 0 saturated carbocycles. The zero-order valence-corrected chi connectivity index (χ0v) is 9.17. The van der Waals surface area contributed by atoms with Crippen molar-refractivity contribution in [3.8, 4) is 0 Å². The molecule has 0 aliphatic rings. The topological polar surface area (TPSA) is 0 Å². The molecule has 0 spiro atoms. The van der Waals surface area contributed by atoms with Crippen LogP contribution in [0.2, 0.25) is 0 Å². The van der Waals surface area contributed by atoms with Crippen molar-refractivity contribution in [2.45, 2.75) is 0 Å². The molecule has 10 heteroatoms. The SMILES string of the molecule is Cl.Cl.Cl.Cl.FC(F)=C(F)C(F)=C(F)F. The van der Waals surface area contributed by atoms with Crippen LogP contribution in [0.3, 0.4) is 0 Å². The number of allylic oxidation sites excluding steroid dienone is 2. The molecule has 0 aromatic rings. The van der Waals surface area contributed by atoms with Crippen LogP contribution in [-0.2, 0) is 0 Å². The molecule has 14 heavy (non-hydrogen) atoms. The van der Waals surface area contributed by atoms with Gasteiger partial charge in [-0.3, -0.25) is 0 Å². The van der Waals surface area contributed by atoms with E-state index in [-0.39, 0.29) is 49.6 Å². The van der Waals surface area contributed by atoms with Crippen LogP contribution in [0.15, 0.2) is 23.8 Å². The molecule has 0 aromatic carbocycles. The number of halogens is 10. The van der Waals surface area contributed by atoms with E-state index in [2.05, 4.69) is 0 Å². The molecule has 0 radical (unpaired) electrons. The van der Waals surface area contributed by atoms with Crippen molar-refractivity contribution < 1.29 is 26.3 Å². The average molecular weight is 308 g/mol. The molecule has 90 valence electrons. The standard InChI is InChI=1S/C4F6.4ClH/c5-1(3(7)8)2(6)4(9)10;;;;/h;4*1H. The predicted octanol–water partition coefficient (Wildman–Crippen LogP) is 4.83. The fraction of sp³-hybridized carbons (Fsp3) is 0. The first-order chi connectivity index (χ1) is 4.46. The summed E-state index contributed by atoms with van der Waals surface area (Å²) in [7, 11) is 0. The summed E-state index contributed by atoms with van der Waals surface area (Å²) in [6, 6.07) is 0. The van der Waals surface area contributed by atoms with Gasteiger partial charge in [0.1, 0.15) is 0 Å². The van der Waals surface area contributed by atoms with Crippen molar-refractivity contribution in [3.63, 3.8) is 0 Å². The van der Waals surface area contributed by atoms with E-state index in [0.29, 0.717) is 0 Å². The summed E-state index contributed by atoms with van der Waals surface area (Å²) in [6.45, 7) is 0. The molecule has 0 amide bonds. The summed E-state index contributed by atoms with van der Waals surface area (Å²) >= 11 is 0. The average Bonchev–Trinajstić information content (AvgIpc) is 1.84. The third-order valence-corrected chi connectivity index (χ3v) is 0.525. The van der Waals surface area contributed by atoms with E-state index in [1.165, 1.54) is 0 Å².